The van der Waals surface area contributed by atoms with E-state index in [0.29, 0.717) is 18.1 Å². The van der Waals surface area contributed by atoms with Gasteiger partial charge in [0.1, 0.15) is 5.76 Å². The normalized spacial score (nSPS) is 10.2. The van der Waals surface area contributed by atoms with E-state index in [1.54, 1.807) is 13.8 Å². The molecule has 0 fully saturated rings. The predicted molar refractivity (Wildman–Crippen MR) is 63.2 cm³/mol. The highest BCUT2D eigenvalue weighted by molar-refractivity contribution is 7.99. The first kappa shape index (κ1) is 13.6. The number of aryl methyl sites for hydroxylation is 1. The van der Waals surface area contributed by atoms with E-state index in [2.05, 4.69) is 0 Å². The molecule has 5 nitrogen and oxygen atoms in total. The quantitative estimate of drug-likeness (QED) is 0.787. The predicted octanol–water partition coefficient (Wildman–Crippen LogP) is 2.08. The Morgan fingerprint density at radius 2 is 2.24 bits per heavy atom. The summed E-state index contributed by atoms with van der Waals surface area (Å²) >= 11 is 1.37. The van der Waals surface area contributed by atoms with Gasteiger partial charge in [-0.3, -0.25) is 4.79 Å². The van der Waals surface area contributed by atoms with Gasteiger partial charge in [-0.05, 0) is 19.9 Å². The van der Waals surface area contributed by atoms with Crippen molar-refractivity contribution < 1.29 is 23.8 Å². The molecule has 0 saturated heterocycles. The summed E-state index contributed by atoms with van der Waals surface area (Å²) in [7, 11) is 0. The van der Waals surface area contributed by atoms with Gasteiger partial charge in [0.25, 0.3) is 0 Å². The van der Waals surface area contributed by atoms with Gasteiger partial charge in [-0.1, -0.05) is 0 Å². The molecule has 1 aromatic heterocycles. The molecule has 0 bridgehead atoms. The zero-order valence-electron chi connectivity index (χ0n) is 9.69. The number of carbonyl (C=O) groups is 2. The first-order chi connectivity index (χ1) is 8.04. The Morgan fingerprint density at radius 1 is 1.53 bits per heavy atom. The maximum atomic E-state index is 11.1. The fourth-order valence-electron chi connectivity index (χ4n) is 1.22. The van der Waals surface area contributed by atoms with Crippen LogP contribution >= 0.6 is 11.8 Å². The minimum atomic E-state index is -1.09. The maximum Gasteiger partial charge on any atom is 0.371 e. The van der Waals surface area contributed by atoms with E-state index in [1.165, 1.54) is 17.8 Å². The average molecular weight is 258 g/mol. The number of thioether (sulfide) groups is 1. The number of carboxylic acid groups (broad SMARTS) is 1. The second-order valence-electron chi connectivity index (χ2n) is 3.30. The fraction of sp³-hybridized carbons (Fsp3) is 0.455. The minimum absolute atomic E-state index is 0.0748. The smallest absolute Gasteiger partial charge is 0.371 e. The summed E-state index contributed by atoms with van der Waals surface area (Å²) in [5.41, 5.74) is 0.789. The highest BCUT2D eigenvalue weighted by atomic mass is 32.2. The molecule has 0 saturated carbocycles. The number of hydrogen-bond donors (Lipinski definition) is 1. The maximum absolute atomic E-state index is 11.1. The van der Waals surface area contributed by atoms with Crippen molar-refractivity contribution >= 4 is 23.7 Å². The largest absolute Gasteiger partial charge is 0.475 e. The molecule has 0 amide bonds. The number of esters is 1. The van der Waals surface area contributed by atoms with Crippen molar-refractivity contribution in [2.45, 2.75) is 19.6 Å². The Labute approximate surface area is 103 Å². The Morgan fingerprint density at radius 3 is 2.76 bits per heavy atom. The number of carboxylic acids is 1. The molecular weight excluding hydrogens is 244 g/mol. The van der Waals surface area contributed by atoms with Crippen LogP contribution in [0.25, 0.3) is 0 Å². The number of hydrogen-bond acceptors (Lipinski definition) is 5. The zero-order chi connectivity index (χ0) is 12.8. The fourth-order valence-corrected chi connectivity index (χ4v) is 2.07. The molecule has 1 heterocycles. The third-order valence-corrected chi connectivity index (χ3v) is 2.97. The van der Waals surface area contributed by atoms with E-state index in [-0.39, 0.29) is 17.5 Å². The second kappa shape index (κ2) is 6.34. The molecule has 0 aliphatic rings. The van der Waals surface area contributed by atoms with Crippen LogP contribution in [-0.2, 0) is 15.3 Å². The SMILES string of the molecule is CCOC(=O)CSCc1cc(C(=O)O)oc1C. The molecule has 0 radical (unpaired) electrons. The van der Waals surface area contributed by atoms with Crippen molar-refractivity contribution in [3.63, 3.8) is 0 Å². The van der Waals surface area contributed by atoms with E-state index in [1.807, 2.05) is 0 Å². The molecule has 0 atom stereocenters. The van der Waals surface area contributed by atoms with Crippen molar-refractivity contribution in [2.75, 3.05) is 12.4 Å². The number of rotatable bonds is 6. The van der Waals surface area contributed by atoms with Gasteiger partial charge in [-0.25, -0.2) is 4.79 Å². The number of furan rings is 1. The molecule has 0 aromatic carbocycles. The molecule has 0 unspecified atom stereocenters. The van der Waals surface area contributed by atoms with E-state index in [4.69, 9.17) is 14.3 Å². The first-order valence-corrected chi connectivity index (χ1v) is 6.26. The highest BCUT2D eigenvalue weighted by Gasteiger charge is 2.13. The molecule has 1 N–H and O–H groups in total. The van der Waals surface area contributed by atoms with E-state index in [9.17, 15) is 9.59 Å². The summed E-state index contributed by atoms with van der Waals surface area (Å²) in [6.07, 6.45) is 0. The van der Waals surface area contributed by atoms with Gasteiger partial charge in [-0.15, -0.1) is 11.8 Å². The number of aromatic carboxylic acids is 1. The summed E-state index contributed by atoms with van der Waals surface area (Å²) in [4.78, 5) is 21.7. The molecule has 1 aromatic rings. The van der Waals surface area contributed by atoms with E-state index in [0.717, 1.165) is 5.56 Å². The lowest BCUT2D eigenvalue weighted by molar-refractivity contribution is -0.139. The van der Waals surface area contributed by atoms with Crippen molar-refractivity contribution in [1.29, 1.82) is 0 Å². The van der Waals surface area contributed by atoms with Crippen LogP contribution in [0.1, 0.15) is 28.8 Å². The molecule has 0 aliphatic carbocycles. The summed E-state index contributed by atoms with van der Waals surface area (Å²) in [5.74, 6) is -0.0812. The molecule has 6 heteroatoms. The van der Waals surface area contributed by atoms with Crippen molar-refractivity contribution in [2.24, 2.45) is 0 Å². The van der Waals surface area contributed by atoms with Gasteiger partial charge in [0.2, 0.25) is 5.76 Å². The van der Waals surface area contributed by atoms with Gasteiger partial charge < -0.3 is 14.3 Å². The Bertz CT molecular complexity index is 410. The van der Waals surface area contributed by atoms with Crippen LogP contribution < -0.4 is 0 Å². The molecule has 17 heavy (non-hydrogen) atoms. The molecular formula is C11H14O5S. The minimum Gasteiger partial charge on any atom is -0.475 e. The van der Waals surface area contributed by atoms with Crippen molar-refractivity contribution in [1.82, 2.24) is 0 Å². The molecule has 1 rings (SSSR count). The van der Waals surface area contributed by atoms with Gasteiger partial charge in [0, 0.05) is 11.3 Å². The number of carbonyl (C=O) groups excluding carboxylic acids is 1. The highest BCUT2D eigenvalue weighted by Crippen LogP contribution is 2.20. The molecule has 94 valence electrons. The van der Waals surface area contributed by atoms with Crippen LogP contribution in [0.5, 0.6) is 0 Å². The lowest BCUT2D eigenvalue weighted by atomic mass is 10.3. The van der Waals surface area contributed by atoms with Gasteiger partial charge in [-0.2, -0.15) is 0 Å². The molecule has 0 aliphatic heterocycles. The summed E-state index contributed by atoms with van der Waals surface area (Å²) in [6.45, 7) is 3.82. The standard InChI is InChI=1S/C11H14O5S/c1-3-15-10(12)6-17-5-8-4-9(11(13)14)16-7(8)2/h4H,3,5-6H2,1-2H3,(H,13,14). The summed E-state index contributed by atoms with van der Waals surface area (Å²) < 4.78 is 9.83. The van der Waals surface area contributed by atoms with Crippen LogP contribution in [-0.4, -0.2) is 29.4 Å². The van der Waals surface area contributed by atoms with E-state index >= 15 is 0 Å². The van der Waals surface area contributed by atoms with Gasteiger partial charge in [0.05, 0.1) is 12.4 Å². The third-order valence-electron chi connectivity index (χ3n) is 2.01. The third kappa shape index (κ3) is 4.14. The van der Waals surface area contributed by atoms with E-state index < -0.39 is 5.97 Å². The van der Waals surface area contributed by atoms with Gasteiger partial charge >= 0.3 is 11.9 Å². The topological polar surface area (TPSA) is 76.7 Å². The second-order valence-corrected chi connectivity index (χ2v) is 4.28. The zero-order valence-corrected chi connectivity index (χ0v) is 10.5. The monoisotopic (exact) mass is 258 g/mol. The lowest BCUT2D eigenvalue weighted by Crippen LogP contribution is -2.06. The Hall–Kier alpha value is -1.43. The number of ether oxygens (including phenoxy) is 1. The van der Waals surface area contributed by atoms with Crippen LogP contribution in [0.2, 0.25) is 0 Å². The Balaban J connectivity index is 2.46. The van der Waals surface area contributed by atoms with Crippen LogP contribution in [0, 0.1) is 6.92 Å². The van der Waals surface area contributed by atoms with Crippen molar-refractivity contribution in [3.8, 4) is 0 Å². The first-order valence-electron chi connectivity index (χ1n) is 5.10. The molecule has 0 spiro atoms. The average Bonchev–Trinajstić information content (AvgIpc) is 2.61. The summed E-state index contributed by atoms with van der Waals surface area (Å²) in [6, 6.07) is 1.48. The van der Waals surface area contributed by atoms with Crippen LogP contribution in [0.3, 0.4) is 0 Å². The lowest BCUT2D eigenvalue weighted by Gasteiger charge is -2.00. The van der Waals surface area contributed by atoms with Gasteiger partial charge in [0.15, 0.2) is 0 Å². The summed E-state index contributed by atoms with van der Waals surface area (Å²) in [5, 5.41) is 8.73. The van der Waals surface area contributed by atoms with Crippen molar-refractivity contribution in [3.05, 3.63) is 23.2 Å². The Kier molecular flexibility index (Phi) is 5.09. The van der Waals surface area contributed by atoms with Crippen LogP contribution in [0.4, 0.5) is 0 Å². The van der Waals surface area contributed by atoms with Crippen LogP contribution in [0.15, 0.2) is 10.5 Å².